The second-order valence-corrected chi connectivity index (χ2v) is 8.52. The highest BCUT2D eigenvalue weighted by atomic mass is 32.2. The van der Waals surface area contributed by atoms with E-state index >= 15 is 0 Å². The van der Waals surface area contributed by atoms with Gasteiger partial charge < -0.3 is 19.2 Å². The summed E-state index contributed by atoms with van der Waals surface area (Å²) in [6, 6.07) is 18.2. The van der Waals surface area contributed by atoms with Crippen LogP contribution in [0.5, 0.6) is 5.75 Å². The predicted octanol–water partition coefficient (Wildman–Crippen LogP) is 3.13. The van der Waals surface area contributed by atoms with Gasteiger partial charge in [-0.1, -0.05) is 18.2 Å². The predicted molar refractivity (Wildman–Crippen MR) is 115 cm³/mol. The Bertz CT molecular complexity index is 1050. The van der Waals surface area contributed by atoms with Crippen molar-refractivity contribution in [1.82, 2.24) is 4.31 Å². The van der Waals surface area contributed by atoms with Gasteiger partial charge >= 0.3 is 0 Å². The number of benzene rings is 2. The molecule has 0 atom stereocenters. The normalized spacial score (nSPS) is 11.4. The quantitative estimate of drug-likeness (QED) is 0.456. The van der Waals surface area contributed by atoms with Crippen LogP contribution in [0.1, 0.15) is 5.76 Å². The zero-order chi connectivity index (χ0) is 22.1. The molecular formula is C22H24N2O6S. The molecule has 8 nitrogen and oxygen atoms in total. The highest BCUT2D eigenvalue weighted by molar-refractivity contribution is 7.89. The number of carbonyl (C=O) groups is 1. The third-order valence-corrected chi connectivity index (χ3v) is 6.11. The van der Waals surface area contributed by atoms with Gasteiger partial charge in [0, 0.05) is 12.8 Å². The van der Waals surface area contributed by atoms with E-state index in [-0.39, 0.29) is 18.0 Å². The lowest BCUT2D eigenvalue weighted by atomic mass is 10.3. The Balaban J connectivity index is 1.77. The van der Waals surface area contributed by atoms with Crippen LogP contribution in [0.3, 0.4) is 0 Å². The third-order valence-electron chi connectivity index (χ3n) is 4.31. The minimum Gasteiger partial charge on any atom is -0.491 e. The van der Waals surface area contributed by atoms with Gasteiger partial charge in [-0.05, 0) is 48.5 Å². The maximum atomic E-state index is 13.3. The summed E-state index contributed by atoms with van der Waals surface area (Å²) in [4.78, 5) is 12.6. The van der Waals surface area contributed by atoms with Crippen molar-refractivity contribution in [2.45, 2.75) is 11.4 Å². The van der Waals surface area contributed by atoms with Crippen molar-refractivity contribution in [3.63, 3.8) is 0 Å². The van der Waals surface area contributed by atoms with Gasteiger partial charge in [-0.15, -0.1) is 0 Å². The number of ether oxygens (including phenoxy) is 2. The summed E-state index contributed by atoms with van der Waals surface area (Å²) in [5.74, 6) is 0.492. The maximum absolute atomic E-state index is 13.3. The molecule has 9 heteroatoms. The molecule has 0 bridgehead atoms. The Kier molecular flexibility index (Phi) is 7.82. The molecule has 0 saturated carbocycles. The summed E-state index contributed by atoms with van der Waals surface area (Å²) < 4.78 is 43.3. The van der Waals surface area contributed by atoms with E-state index in [4.69, 9.17) is 13.9 Å². The number of methoxy groups -OCH3 is 1. The van der Waals surface area contributed by atoms with Crippen molar-refractivity contribution in [1.29, 1.82) is 0 Å². The zero-order valence-corrected chi connectivity index (χ0v) is 17.9. The van der Waals surface area contributed by atoms with Crippen LogP contribution in [0.4, 0.5) is 5.69 Å². The lowest BCUT2D eigenvalue weighted by Gasteiger charge is -2.21. The lowest BCUT2D eigenvalue weighted by molar-refractivity contribution is -0.116. The monoisotopic (exact) mass is 444 g/mol. The lowest BCUT2D eigenvalue weighted by Crippen LogP contribution is -2.37. The first-order chi connectivity index (χ1) is 15.0. The molecule has 0 spiro atoms. The fourth-order valence-corrected chi connectivity index (χ4v) is 4.15. The molecule has 2 aromatic carbocycles. The first-order valence-corrected chi connectivity index (χ1v) is 11.0. The second-order valence-electron chi connectivity index (χ2n) is 6.58. The fraction of sp³-hybridized carbons (Fsp3) is 0.227. The summed E-state index contributed by atoms with van der Waals surface area (Å²) in [5.41, 5.74) is 0.584. The molecule has 0 saturated heterocycles. The molecular weight excluding hydrogens is 420 g/mol. The van der Waals surface area contributed by atoms with Gasteiger partial charge in [0.1, 0.15) is 18.1 Å². The average Bonchev–Trinajstić information content (AvgIpc) is 3.28. The van der Waals surface area contributed by atoms with Gasteiger partial charge in [0.25, 0.3) is 0 Å². The summed E-state index contributed by atoms with van der Waals surface area (Å²) >= 11 is 0. The molecule has 1 aromatic heterocycles. The number of nitrogens with one attached hydrogen (secondary N) is 1. The molecule has 1 heterocycles. The number of hydrogen-bond donors (Lipinski definition) is 1. The van der Waals surface area contributed by atoms with Crippen LogP contribution in [0.25, 0.3) is 0 Å². The molecule has 0 aliphatic heterocycles. The molecule has 164 valence electrons. The van der Waals surface area contributed by atoms with Crippen molar-refractivity contribution < 1.29 is 27.1 Å². The molecule has 0 fully saturated rings. The first-order valence-electron chi connectivity index (χ1n) is 9.58. The van der Waals surface area contributed by atoms with Gasteiger partial charge in [0.2, 0.25) is 15.9 Å². The maximum Gasteiger partial charge on any atom is 0.243 e. The second kappa shape index (κ2) is 10.8. The van der Waals surface area contributed by atoms with Crippen LogP contribution >= 0.6 is 0 Å². The van der Waals surface area contributed by atoms with E-state index in [0.29, 0.717) is 30.4 Å². The van der Waals surface area contributed by atoms with Crippen molar-refractivity contribution in [3.05, 3.63) is 78.8 Å². The van der Waals surface area contributed by atoms with E-state index in [1.807, 2.05) is 6.07 Å². The molecule has 3 aromatic rings. The molecule has 0 aliphatic rings. The Morgan fingerprint density at radius 3 is 2.39 bits per heavy atom. The van der Waals surface area contributed by atoms with Gasteiger partial charge in [-0.2, -0.15) is 4.31 Å². The standard InChI is InChI=1S/C22H24N2O6S/c1-28-14-15-30-19-9-11-21(12-10-19)31(26,27)24(16-20-8-5-13-29-20)17-22(25)23-18-6-3-2-4-7-18/h2-13H,14-17H2,1H3,(H,23,25). The van der Waals surface area contributed by atoms with Gasteiger partial charge in [0.15, 0.2) is 0 Å². The minimum atomic E-state index is -3.97. The molecule has 31 heavy (non-hydrogen) atoms. The van der Waals surface area contributed by atoms with E-state index < -0.39 is 15.9 Å². The van der Waals surface area contributed by atoms with Crippen LogP contribution in [-0.4, -0.2) is 45.5 Å². The minimum absolute atomic E-state index is 0.0469. The summed E-state index contributed by atoms with van der Waals surface area (Å²) in [6.07, 6.45) is 1.45. The van der Waals surface area contributed by atoms with Crippen molar-refractivity contribution >= 4 is 21.6 Å². The molecule has 3 rings (SSSR count). The summed E-state index contributed by atoms with van der Waals surface area (Å²) in [7, 11) is -2.40. The highest BCUT2D eigenvalue weighted by Gasteiger charge is 2.28. The number of anilines is 1. The molecule has 1 amide bonds. The Morgan fingerprint density at radius 1 is 1.00 bits per heavy atom. The number of para-hydroxylation sites is 1. The van der Waals surface area contributed by atoms with Gasteiger partial charge in [-0.25, -0.2) is 8.42 Å². The number of amides is 1. The molecule has 1 N–H and O–H groups in total. The van der Waals surface area contributed by atoms with E-state index in [2.05, 4.69) is 5.32 Å². The number of hydrogen-bond acceptors (Lipinski definition) is 6. The number of rotatable bonds is 11. The Morgan fingerprint density at radius 2 is 1.74 bits per heavy atom. The average molecular weight is 445 g/mol. The van der Waals surface area contributed by atoms with Crippen LogP contribution < -0.4 is 10.1 Å². The molecule has 0 aliphatic carbocycles. The number of furan rings is 1. The van der Waals surface area contributed by atoms with E-state index in [0.717, 1.165) is 4.31 Å². The van der Waals surface area contributed by atoms with Gasteiger partial charge in [0.05, 0.1) is 30.9 Å². The number of sulfonamides is 1. The zero-order valence-electron chi connectivity index (χ0n) is 17.1. The SMILES string of the molecule is COCCOc1ccc(S(=O)(=O)N(CC(=O)Nc2ccccc2)Cc2ccco2)cc1. The van der Waals surface area contributed by atoms with Crippen molar-refractivity contribution in [2.24, 2.45) is 0 Å². The van der Waals surface area contributed by atoms with Crippen LogP contribution in [0, 0.1) is 0 Å². The third kappa shape index (κ3) is 6.42. The van der Waals surface area contributed by atoms with Crippen LogP contribution in [0.2, 0.25) is 0 Å². The topological polar surface area (TPSA) is 98.1 Å². The van der Waals surface area contributed by atoms with E-state index in [1.165, 1.54) is 18.4 Å². The number of carbonyl (C=O) groups excluding carboxylic acids is 1. The van der Waals surface area contributed by atoms with Gasteiger partial charge in [-0.3, -0.25) is 4.79 Å². The summed E-state index contributed by atoms with van der Waals surface area (Å²) in [6.45, 7) is 0.327. The van der Waals surface area contributed by atoms with E-state index in [1.54, 1.807) is 55.6 Å². The smallest absolute Gasteiger partial charge is 0.243 e. The van der Waals surface area contributed by atoms with Crippen molar-refractivity contribution in [3.8, 4) is 5.75 Å². The fourth-order valence-electron chi connectivity index (χ4n) is 2.78. The van der Waals surface area contributed by atoms with E-state index in [9.17, 15) is 13.2 Å². The van der Waals surface area contributed by atoms with Crippen molar-refractivity contribution in [2.75, 3.05) is 32.2 Å². The number of nitrogens with zero attached hydrogens (tertiary/aromatic N) is 1. The Hall–Kier alpha value is -3.14. The van der Waals surface area contributed by atoms with Crippen LogP contribution in [-0.2, 0) is 26.1 Å². The molecule has 0 unspecified atom stereocenters. The largest absolute Gasteiger partial charge is 0.491 e. The first kappa shape index (κ1) is 22.5. The Labute approximate surface area is 181 Å². The molecule has 0 radical (unpaired) electrons. The summed E-state index contributed by atoms with van der Waals surface area (Å²) in [5, 5.41) is 2.71. The van der Waals surface area contributed by atoms with Crippen LogP contribution in [0.15, 0.2) is 82.3 Å². The highest BCUT2D eigenvalue weighted by Crippen LogP contribution is 2.22.